The number of carbonyl (C=O) groups is 1. The van der Waals surface area contributed by atoms with Gasteiger partial charge in [-0.05, 0) is 30.2 Å². The van der Waals surface area contributed by atoms with E-state index in [4.69, 9.17) is 5.73 Å². The Morgan fingerprint density at radius 1 is 1.48 bits per heavy atom. The third-order valence-electron chi connectivity index (χ3n) is 4.02. The fourth-order valence-corrected chi connectivity index (χ4v) is 3.91. The minimum Gasteiger partial charge on any atom is -0.323 e. The van der Waals surface area contributed by atoms with Crippen LogP contribution >= 0.6 is 11.8 Å². The maximum absolute atomic E-state index is 12.7. The van der Waals surface area contributed by atoms with Crippen molar-refractivity contribution >= 4 is 34.4 Å². The number of nitrogens with two attached hydrogens (primary N) is 1. The largest absolute Gasteiger partial charge is 0.323 e. The van der Waals surface area contributed by atoms with Crippen LogP contribution in [0.1, 0.15) is 27.5 Å². The van der Waals surface area contributed by atoms with Gasteiger partial charge in [-0.3, -0.25) is 9.89 Å². The highest BCUT2D eigenvalue weighted by Gasteiger charge is 2.23. The molecule has 0 bridgehead atoms. The monoisotopic (exact) mass is 325 g/mol. The molecule has 3 heterocycles. The van der Waals surface area contributed by atoms with Crippen LogP contribution in [0.4, 0.5) is 5.69 Å². The fourth-order valence-electron chi connectivity index (χ4n) is 2.79. The molecule has 1 aromatic carbocycles. The van der Waals surface area contributed by atoms with Crippen LogP contribution in [0, 0.1) is 6.92 Å². The number of pyridine rings is 1. The molecule has 0 radical (unpaired) electrons. The highest BCUT2D eigenvalue weighted by Crippen LogP contribution is 2.38. The molecule has 116 valence electrons. The van der Waals surface area contributed by atoms with Crippen molar-refractivity contribution in [1.82, 2.24) is 15.2 Å². The number of aromatic amines is 1. The Labute approximate surface area is 136 Å². The van der Waals surface area contributed by atoms with Crippen molar-refractivity contribution in [3.63, 3.8) is 0 Å². The molecule has 1 atom stereocenters. The quantitative estimate of drug-likeness (QED) is 0.673. The first-order chi connectivity index (χ1) is 11.1. The number of fused-ring (bicyclic) bond motifs is 2. The number of rotatable bonds is 2. The highest BCUT2D eigenvalue weighted by molar-refractivity contribution is 7.99. The predicted molar refractivity (Wildman–Crippen MR) is 90.7 cm³/mol. The Balaban J connectivity index is 1.69. The molecule has 0 spiro atoms. The van der Waals surface area contributed by atoms with Crippen LogP contribution in [-0.2, 0) is 0 Å². The second-order valence-corrected chi connectivity index (χ2v) is 6.63. The Morgan fingerprint density at radius 3 is 3.22 bits per heavy atom. The zero-order valence-electron chi connectivity index (χ0n) is 12.5. The molecule has 0 fully saturated rings. The summed E-state index contributed by atoms with van der Waals surface area (Å²) >= 11 is 1.70. The molecule has 1 aliphatic heterocycles. The summed E-state index contributed by atoms with van der Waals surface area (Å²) in [5, 5.41) is 10.5. The summed E-state index contributed by atoms with van der Waals surface area (Å²) in [5.74, 6) is 0.722. The average Bonchev–Trinajstić information content (AvgIpc) is 3.14. The van der Waals surface area contributed by atoms with Gasteiger partial charge in [0.25, 0.3) is 5.91 Å². The Morgan fingerprint density at radius 2 is 2.35 bits per heavy atom. The Hall–Kier alpha value is -2.38. The number of amides is 1. The summed E-state index contributed by atoms with van der Waals surface area (Å²) in [6, 6.07) is 5.78. The number of anilines is 1. The van der Waals surface area contributed by atoms with E-state index in [1.54, 1.807) is 30.2 Å². The second-order valence-electron chi connectivity index (χ2n) is 5.57. The lowest BCUT2D eigenvalue weighted by atomic mass is 10.0. The average molecular weight is 325 g/mol. The number of benzene rings is 1. The number of nitrogens with zero attached hydrogens (tertiary/aromatic N) is 2. The molecule has 7 heteroatoms. The van der Waals surface area contributed by atoms with Crippen molar-refractivity contribution in [3.8, 4) is 0 Å². The van der Waals surface area contributed by atoms with Gasteiger partial charge in [0, 0.05) is 28.5 Å². The van der Waals surface area contributed by atoms with Crippen LogP contribution in [-0.4, -0.2) is 26.8 Å². The normalized spacial score (nSPS) is 16.5. The van der Waals surface area contributed by atoms with E-state index >= 15 is 0 Å². The maximum Gasteiger partial charge on any atom is 0.255 e. The standard InChI is InChI=1S/C16H15N5OS/c1-8-4-10-12(17)7-23-14(10)5-9(8)16(22)20-13-2-3-18-15-11(13)6-19-21-15/h2-6,12H,7,17H2,1H3,(H2,18,19,20,21,22)/t12-/m1/s1. The van der Waals surface area contributed by atoms with Gasteiger partial charge >= 0.3 is 0 Å². The highest BCUT2D eigenvalue weighted by atomic mass is 32.2. The molecular formula is C16H15N5OS. The summed E-state index contributed by atoms with van der Waals surface area (Å²) in [7, 11) is 0. The summed E-state index contributed by atoms with van der Waals surface area (Å²) < 4.78 is 0. The number of nitrogens with one attached hydrogen (secondary N) is 2. The molecule has 6 nitrogen and oxygen atoms in total. The number of hydrogen-bond acceptors (Lipinski definition) is 5. The molecule has 0 unspecified atom stereocenters. The number of H-pyrrole nitrogens is 1. The van der Waals surface area contributed by atoms with Crippen LogP contribution in [0.3, 0.4) is 0 Å². The van der Waals surface area contributed by atoms with Gasteiger partial charge in [0.2, 0.25) is 0 Å². The number of hydrogen-bond donors (Lipinski definition) is 3. The van der Waals surface area contributed by atoms with E-state index in [2.05, 4.69) is 20.5 Å². The molecule has 1 aliphatic rings. The molecule has 1 amide bonds. The van der Waals surface area contributed by atoms with E-state index in [-0.39, 0.29) is 11.9 Å². The van der Waals surface area contributed by atoms with Crippen molar-refractivity contribution in [2.24, 2.45) is 5.73 Å². The van der Waals surface area contributed by atoms with Gasteiger partial charge in [-0.1, -0.05) is 6.07 Å². The lowest BCUT2D eigenvalue weighted by molar-refractivity contribution is 0.102. The first kappa shape index (κ1) is 14.2. The number of thioether (sulfide) groups is 1. The van der Waals surface area contributed by atoms with Crippen LogP contribution in [0.15, 0.2) is 35.5 Å². The summed E-state index contributed by atoms with van der Waals surface area (Å²) in [5.41, 5.74) is 10.1. The van der Waals surface area contributed by atoms with E-state index in [1.165, 1.54) is 0 Å². The SMILES string of the molecule is Cc1cc2c(cc1C(=O)Nc1ccnc3[nH]ncc13)SC[C@H]2N. The predicted octanol–water partition coefficient (Wildman–Crippen LogP) is 2.62. The molecule has 23 heavy (non-hydrogen) atoms. The number of aryl methyl sites for hydroxylation is 1. The van der Waals surface area contributed by atoms with E-state index in [9.17, 15) is 4.79 Å². The first-order valence-electron chi connectivity index (χ1n) is 7.26. The van der Waals surface area contributed by atoms with Crippen LogP contribution in [0.5, 0.6) is 0 Å². The minimum absolute atomic E-state index is 0.0524. The smallest absolute Gasteiger partial charge is 0.255 e. The molecule has 0 saturated carbocycles. The van der Waals surface area contributed by atoms with Crippen LogP contribution in [0.25, 0.3) is 11.0 Å². The van der Waals surface area contributed by atoms with E-state index in [0.717, 1.165) is 27.2 Å². The van der Waals surface area contributed by atoms with Crippen molar-refractivity contribution in [3.05, 3.63) is 47.3 Å². The van der Waals surface area contributed by atoms with Gasteiger partial charge in [0.15, 0.2) is 5.65 Å². The molecule has 3 aromatic rings. The van der Waals surface area contributed by atoms with Gasteiger partial charge in [0.05, 0.1) is 17.3 Å². The molecular weight excluding hydrogens is 310 g/mol. The number of carbonyl (C=O) groups excluding carboxylic acids is 1. The van der Waals surface area contributed by atoms with Crippen molar-refractivity contribution in [2.45, 2.75) is 17.9 Å². The molecule has 2 aromatic heterocycles. The van der Waals surface area contributed by atoms with E-state index in [0.29, 0.717) is 16.9 Å². The first-order valence-corrected chi connectivity index (χ1v) is 8.24. The Kier molecular flexibility index (Phi) is 3.32. The van der Waals surface area contributed by atoms with Gasteiger partial charge in [-0.25, -0.2) is 4.98 Å². The minimum atomic E-state index is -0.139. The van der Waals surface area contributed by atoms with Crippen LogP contribution < -0.4 is 11.1 Å². The lowest BCUT2D eigenvalue weighted by Gasteiger charge is -2.11. The zero-order chi connectivity index (χ0) is 16.0. The molecule has 0 saturated heterocycles. The van der Waals surface area contributed by atoms with Crippen LogP contribution in [0.2, 0.25) is 0 Å². The zero-order valence-corrected chi connectivity index (χ0v) is 13.3. The molecule has 4 N–H and O–H groups in total. The molecule has 0 aliphatic carbocycles. The van der Waals surface area contributed by atoms with E-state index in [1.807, 2.05) is 19.1 Å². The van der Waals surface area contributed by atoms with Crippen molar-refractivity contribution in [1.29, 1.82) is 0 Å². The summed E-state index contributed by atoms with van der Waals surface area (Å²) in [6.45, 7) is 1.94. The number of aromatic nitrogens is 3. The fraction of sp³-hybridized carbons (Fsp3) is 0.188. The van der Waals surface area contributed by atoms with Gasteiger partial charge in [-0.15, -0.1) is 11.8 Å². The topological polar surface area (TPSA) is 96.7 Å². The summed E-state index contributed by atoms with van der Waals surface area (Å²) in [6.07, 6.45) is 3.29. The maximum atomic E-state index is 12.7. The van der Waals surface area contributed by atoms with Gasteiger partial charge < -0.3 is 11.1 Å². The lowest BCUT2D eigenvalue weighted by Crippen LogP contribution is -2.15. The summed E-state index contributed by atoms with van der Waals surface area (Å²) in [4.78, 5) is 17.9. The van der Waals surface area contributed by atoms with Crippen molar-refractivity contribution < 1.29 is 4.79 Å². The Bertz CT molecular complexity index is 920. The van der Waals surface area contributed by atoms with Crippen molar-refractivity contribution in [2.75, 3.05) is 11.1 Å². The van der Waals surface area contributed by atoms with Gasteiger partial charge in [0.1, 0.15) is 0 Å². The third-order valence-corrected chi connectivity index (χ3v) is 5.21. The van der Waals surface area contributed by atoms with E-state index < -0.39 is 0 Å². The van der Waals surface area contributed by atoms with Gasteiger partial charge in [-0.2, -0.15) is 5.10 Å². The second kappa shape index (κ2) is 5.36. The molecule has 4 rings (SSSR count). The third kappa shape index (κ3) is 2.38.